The van der Waals surface area contributed by atoms with E-state index in [-0.39, 0.29) is 0 Å². The number of aryl methyl sites for hydroxylation is 3. The Morgan fingerprint density at radius 1 is 0.952 bits per heavy atom. The molecule has 2 rings (SSSR count). The SMILES string of the molecule is Cc1ccc(C)c(S(=O)(=O)N(C)c2ccc(C)c(N)c2)c1. The second kappa shape index (κ2) is 5.41. The third-order valence-electron chi connectivity index (χ3n) is 3.61. The number of hydrogen-bond acceptors (Lipinski definition) is 3. The first-order valence-corrected chi connectivity index (χ1v) is 8.10. The first-order valence-electron chi connectivity index (χ1n) is 6.66. The number of hydrogen-bond donors (Lipinski definition) is 1. The van der Waals surface area contributed by atoms with Crippen molar-refractivity contribution in [3.05, 3.63) is 53.1 Å². The van der Waals surface area contributed by atoms with E-state index in [9.17, 15) is 8.42 Å². The normalized spacial score (nSPS) is 11.4. The van der Waals surface area contributed by atoms with E-state index in [0.29, 0.717) is 16.3 Å². The lowest BCUT2D eigenvalue weighted by atomic mass is 10.2. The molecule has 0 bridgehead atoms. The fraction of sp³-hybridized carbons (Fsp3) is 0.250. The first kappa shape index (κ1) is 15.4. The summed E-state index contributed by atoms with van der Waals surface area (Å²) in [5.41, 5.74) is 9.58. The van der Waals surface area contributed by atoms with E-state index >= 15 is 0 Å². The molecule has 0 aliphatic heterocycles. The van der Waals surface area contributed by atoms with Crippen molar-refractivity contribution in [2.75, 3.05) is 17.1 Å². The summed E-state index contributed by atoms with van der Waals surface area (Å²) in [7, 11) is -2.05. The Labute approximate surface area is 126 Å². The van der Waals surface area contributed by atoms with E-state index in [0.717, 1.165) is 16.7 Å². The minimum absolute atomic E-state index is 0.323. The van der Waals surface area contributed by atoms with Crippen LogP contribution in [0.3, 0.4) is 0 Å². The Morgan fingerprint density at radius 2 is 1.57 bits per heavy atom. The molecule has 0 spiro atoms. The predicted molar refractivity (Wildman–Crippen MR) is 87.1 cm³/mol. The fourth-order valence-electron chi connectivity index (χ4n) is 2.10. The van der Waals surface area contributed by atoms with Crippen LogP contribution in [0.15, 0.2) is 41.3 Å². The molecule has 4 nitrogen and oxygen atoms in total. The average molecular weight is 304 g/mol. The molecule has 0 fully saturated rings. The quantitative estimate of drug-likeness (QED) is 0.887. The van der Waals surface area contributed by atoms with Gasteiger partial charge in [0.05, 0.1) is 10.6 Å². The monoisotopic (exact) mass is 304 g/mol. The van der Waals surface area contributed by atoms with E-state index in [1.807, 2.05) is 32.0 Å². The maximum absolute atomic E-state index is 12.8. The summed E-state index contributed by atoms with van der Waals surface area (Å²) in [6.45, 7) is 5.56. The number of rotatable bonds is 3. The standard InChI is InChI=1S/C16H20N2O2S/c1-11-5-6-13(3)16(9-11)21(19,20)18(4)14-8-7-12(2)15(17)10-14/h5-10H,17H2,1-4H3. The molecule has 0 atom stereocenters. The Hall–Kier alpha value is -2.01. The molecule has 0 aliphatic rings. The van der Waals surface area contributed by atoms with Crippen molar-refractivity contribution in [1.82, 2.24) is 0 Å². The van der Waals surface area contributed by atoms with Gasteiger partial charge in [-0.1, -0.05) is 18.2 Å². The summed E-state index contributed by atoms with van der Waals surface area (Å²) in [5, 5.41) is 0. The molecule has 2 aromatic carbocycles. The largest absolute Gasteiger partial charge is 0.398 e. The highest BCUT2D eigenvalue weighted by Gasteiger charge is 2.23. The molecule has 21 heavy (non-hydrogen) atoms. The summed E-state index contributed by atoms with van der Waals surface area (Å²) in [4.78, 5) is 0.323. The molecular formula is C16H20N2O2S. The molecule has 0 radical (unpaired) electrons. The zero-order valence-corrected chi connectivity index (χ0v) is 13.5. The summed E-state index contributed by atoms with van der Waals surface area (Å²) in [6, 6.07) is 10.7. The number of nitrogen functional groups attached to an aromatic ring is 1. The number of benzene rings is 2. The molecule has 0 aliphatic carbocycles. The molecule has 2 aromatic rings. The summed E-state index contributed by atoms with van der Waals surface area (Å²) in [6.07, 6.45) is 0. The van der Waals surface area contributed by atoms with Gasteiger partial charge in [-0.05, 0) is 55.7 Å². The predicted octanol–water partition coefficient (Wildman–Crippen LogP) is 3.02. The van der Waals surface area contributed by atoms with Crippen LogP contribution in [0.4, 0.5) is 11.4 Å². The van der Waals surface area contributed by atoms with Crippen LogP contribution in [0.5, 0.6) is 0 Å². The van der Waals surface area contributed by atoms with Crippen LogP contribution in [0.1, 0.15) is 16.7 Å². The molecule has 0 saturated heterocycles. The third-order valence-corrected chi connectivity index (χ3v) is 5.54. The van der Waals surface area contributed by atoms with Crippen LogP contribution in [0.25, 0.3) is 0 Å². The highest BCUT2D eigenvalue weighted by molar-refractivity contribution is 7.92. The van der Waals surface area contributed by atoms with Crippen molar-refractivity contribution in [1.29, 1.82) is 0 Å². The number of anilines is 2. The summed E-state index contributed by atoms with van der Waals surface area (Å²) >= 11 is 0. The smallest absolute Gasteiger partial charge is 0.264 e. The molecule has 2 N–H and O–H groups in total. The van der Waals surface area contributed by atoms with Crippen LogP contribution in [-0.2, 0) is 10.0 Å². The first-order chi connectivity index (χ1) is 9.73. The lowest BCUT2D eigenvalue weighted by molar-refractivity contribution is 0.593. The van der Waals surface area contributed by atoms with Gasteiger partial charge >= 0.3 is 0 Å². The maximum atomic E-state index is 12.8. The Balaban J connectivity index is 2.52. The van der Waals surface area contributed by atoms with Gasteiger partial charge in [0, 0.05) is 12.7 Å². The van der Waals surface area contributed by atoms with Gasteiger partial charge in [0.1, 0.15) is 0 Å². The second-order valence-corrected chi connectivity index (χ2v) is 7.22. The van der Waals surface area contributed by atoms with Crippen molar-refractivity contribution < 1.29 is 8.42 Å². The molecule has 0 amide bonds. The van der Waals surface area contributed by atoms with Gasteiger partial charge in [0.15, 0.2) is 0 Å². The van der Waals surface area contributed by atoms with E-state index in [4.69, 9.17) is 5.73 Å². The highest BCUT2D eigenvalue weighted by Crippen LogP contribution is 2.27. The minimum Gasteiger partial charge on any atom is -0.398 e. The van der Waals surface area contributed by atoms with Crippen LogP contribution in [0.2, 0.25) is 0 Å². The maximum Gasteiger partial charge on any atom is 0.264 e. The molecular weight excluding hydrogens is 284 g/mol. The van der Waals surface area contributed by atoms with E-state index in [2.05, 4.69) is 0 Å². The van der Waals surface area contributed by atoms with Crippen molar-refractivity contribution in [3.63, 3.8) is 0 Å². The minimum atomic E-state index is -3.60. The lowest BCUT2D eigenvalue weighted by Gasteiger charge is -2.21. The Bertz CT molecular complexity index is 783. The van der Waals surface area contributed by atoms with Gasteiger partial charge in [-0.3, -0.25) is 4.31 Å². The van der Waals surface area contributed by atoms with E-state index in [1.165, 1.54) is 4.31 Å². The zero-order chi connectivity index (χ0) is 15.8. The molecule has 112 valence electrons. The zero-order valence-electron chi connectivity index (χ0n) is 12.7. The van der Waals surface area contributed by atoms with Gasteiger partial charge in [-0.15, -0.1) is 0 Å². The van der Waals surface area contributed by atoms with Crippen LogP contribution in [0, 0.1) is 20.8 Å². The van der Waals surface area contributed by atoms with Crippen molar-refractivity contribution in [3.8, 4) is 0 Å². The number of nitrogens with two attached hydrogens (primary N) is 1. The van der Waals surface area contributed by atoms with Crippen molar-refractivity contribution >= 4 is 21.4 Å². The van der Waals surface area contributed by atoms with E-state index < -0.39 is 10.0 Å². The van der Waals surface area contributed by atoms with Crippen molar-refractivity contribution in [2.45, 2.75) is 25.7 Å². The van der Waals surface area contributed by atoms with Gasteiger partial charge in [0.2, 0.25) is 0 Å². The van der Waals surface area contributed by atoms with Crippen LogP contribution < -0.4 is 10.0 Å². The van der Waals surface area contributed by atoms with Crippen LogP contribution >= 0.6 is 0 Å². The number of nitrogens with zero attached hydrogens (tertiary/aromatic N) is 1. The highest BCUT2D eigenvalue weighted by atomic mass is 32.2. The Morgan fingerprint density at radius 3 is 2.19 bits per heavy atom. The van der Waals surface area contributed by atoms with Gasteiger partial charge in [-0.2, -0.15) is 0 Å². The second-order valence-electron chi connectivity index (χ2n) is 5.28. The molecule has 0 aromatic heterocycles. The van der Waals surface area contributed by atoms with E-state index in [1.54, 1.807) is 32.2 Å². The molecule has 5 heteroatoms. The van der Waals surface area contributed by atoms with Crippen LogP contribution in [-0.4, -0.2) is 15.5 Å². The number of sulfonamides is 1. The van der Waals surface area contributed by atoms with Gasteiger partial charge in [-0.25, -0.2) is 8.42 Å². The average Bonchev–Trinajstić information content (AvgIpc) is 2.43. The third kappa shape index (κ3) is 2.88. The molecule has 0 unspecified atom stereocenters. The Kier molecular flexibility index (Phi) is 3.96. The summed E-state index contributed by atoms with van der Waals surface area (Å²) in [5.74, 6) is 0. The lowest BCUT2D eigenvalue weighted by Crippen LogP contribution is -2.27. The van der Waals surface area contributed by atoms with Gasteiger partial charge < -0.3 is 5.73 Å². The molecule has 0 heterocycles. The summed E-state index contributed by atoms with van der Waals surface area (Å²) < 4.78 is 26.8. The van der Waals surface area contributed by atoms with Gasteiger partial charge in [0.25, 0.3) is 10.0 Å². The van der Waals surface area contributed by atoms with Crippen molar-refractivity contribution in [2.24, 2.45) is 0 Å². The topological polar surface area (TPSA) is 63.4 Å². The molecule has 0 saturated carbocycles. The fourth-order valence-corrected chi connectivity index (χ4v) is 3.59.